The van der Waals surface area contributed by atoms with Gasteiger partial charge in [-0.25, -0.2) is 8.42 Å². The molecule has 0 saturated carbocycles. The average molecular weight is 449 g/mol. The minimum absolute atomic E-state index is 0.170. The Bertz CT molecular complexity index is 1100. The van der Waals surface area contributed by atoms with Crippen LogP contribution in [0.2, 0.25) is 10.0 Å². The van der Waals surface area contributed by atoms with Crippen LogP contribution in [0.5, 0.6) is 0 Å². The van der Waals surface area contributed by atoms with Crippen molar-refractivity contribution in [2.75, 3.05) is 12.4 Å². The molecule has 0 fully saturated rings. The number of hydrogen-bond acceptors (Lipinski definition) is 3. The second-order valence-electron chi connectivity index (χ2n) is 6.37. The summed E-state index contributed by atoms with van der Waals surface area (Å²) in [6, 6.07) is 19.6. The van der Waals surface area contributed by atoms with Gasteiger partial charge in [0.1, 0.15) is 0 Å². The molecule has 0 aliphatic heterocycles. The number of carbonyl (C=O) groups excluding carboxylic acids is 1. The maximum Gasteiger partial charge on any atom is 0.255 e. The fraction of sp³-hybridized carbons (Fsp3) is 0.0952. The van der Waals surface area contributed by atoms with E-state index >= 15 is 0 Å². The summed E-state index contributed by atoms with van der Waals surface area (Å²) in [5.74, 6) is -0.263. The zero-order chi connectivity index (χ0) is 21.0. The first-order valence-corrected chi connectivity index (χ1v) is 10.8. The third-order valence-electron chi connectivity index (χ3n) is 4.25. The number of halogens is 2. The zero-order valence-corrected chi connectivity index (χ0v) is 17.8. The second-order valence-corrected chi connectivity index (χ2v) is 9.29. The molecule has 1 amide bonds. The molecule has 0 aliphatic rings. The summed E-state index contributed by atoms with van der Waals surface area (Å²) in [6.45, 7) is 0.171. The summed E-state index contributed by atoms with van der Waals surface area (Å²) in [7, 11) is -2.13. The average Bonchev–Trinajstić information content (AvgIpc) is 2.70. The van der Waals surface area contributed by atoms with E-state index in [1.54, 1.807) is 48.5 Å². The first-order valence-electron chi connectivity index (χ1n) is 8.63. The maximum absolute atomic E-state index is 12.7. The number of carbonyl (C=O) groups is 1. The molecule has 0 spiro atoms. The summed E-state index contributed by atoms with van der Waals surface area (Å²) < 4.78 is 26.6. The van der Waals surface area contributed by atoms with Gasteiger partial charge in [-0.2, -0.15) is 4.31 Å². The zero-order valence-electron chi connectivity index (χ0n) is 15.5. The Morgan fingerprint density at radius 3 is 1.93 bits per heavy atom. The molecule has 3 aromatic rings. The molecular formula is C21H18Cl2N2O3S. The van der Waals surface area contributed by atoms with Crippen LogP contribution in [0.1, 0.15) is 15.9 Å². The number of anilines is 1. The number of sulfonamides is 1. The van der Waals surface area contributed by atoms with Crippen molar-refractivity contribution in [1.82, 2.24) is 4.31 Å². The van der Waals surface area contributed by atoms with E-state index in [1.807, 2.05) is 0 Å². The lowest BCUT2D eigenvalue weighted by atomic mass is 10.1. The van der Waals surface area contributed by atoms with Crippen molar-refractivity contribution in [3.63, 3.8) is 0 Å². The van der Waals surface area contributed by atoms with Crippen molar-refractivity contribution in [2.24, 2.45) is 0 Å². The molecule has 0 radical (unpaired) electrons. The minimum Gasteiger partial charge on any atom is -0.322 e. The van der Waals surface area contributed by atoms with E-state index in [2.05, 4.69) is 5.32 Å². The fourth-order valence-electron chi connectivity index (χ4n) is 2.63. The van der Waals surface area contributed by atoms with Crippen LogP contribution in [0, 0.1) is 0 Å². The van der Waals surface area contributed by atoms with Crippen LogP contribution in [-0.2, 0) is 16.6 Å². The molecule has 0 aliphatic carbocycles. The van der Waals surface area contributed by atoms with Gasteiger partial charge in [-0.3, -0.25) is 4.79 Å². The molecule has 29 heavy (non-hydrogen) atoms. The van der Waals surface area contributed by atoms with Gasteiger partial charge in [-0.05, 0) is 66.2 Å². The highest BCUT2D eigenvalue weighted by atomic mass is 35.5. The molecule has 0 aromatic heterocycles. The Hall–Kier alpha value is -2.38. The quantitative estimate of drug-likeness (QED) is 0.572. The number of benzene rings is 3. The summed E-state index contributed by atoms with van der Waals surface area (Å²) in [6.07, 6.45) is 0. The summed E-state index contributed by atoms with van der Waals surface area (Å²) in [5.41, 5.74) is 1.86. The third-order valence-corrected chi connectivity index (χ3v) is 6.57. The molecule has 0 atom stereocenters. The van der Waals surface area contributed by atoms with E-state index < -0.39 is 10.0 Å². The number of rotatable bonds is 6. The highest BCUT2D eigenvalue weighted by Gasteiger charge is 2.20. The molecule has 1 N–H and O–H groups in total. The second kappa shape index (κ2) is 8.97. The number of nitrogens with zero attached hydrogens (tertiary/aromatic N) is 1. The van der Waals surface area contributed by atoms with E-state index in [0.717, 1.165) is 5.56 Å². The molecule has 3 rings (SSSR count). The van der Waals surface area contributed by atoms with Crippen LogP contribution < -0.4 is 5.32 Å². The Balaban J connectivity index is 1.67. The van der Waals surface area contributed by atoms with Gasteiger partial charge in [-0.1, -0.05) is 35.3 Å². The first-order chi connectivity index (χ1) is 13.8. The van der Waals surface area contributed by atoms with E-state index in [0.29, 0.717) is 21.3 Å². The monoisotopic (exact) mass is 448 g/mol. The minimum atomic E-state index is -3.64. The Kier molecular flexibility index (Phi) is 6.59. The van der Waals surface area contributed by atoms with E-state index in [4.69, 9.17) is 23.2 Å². The van der Waals surface area contributed by atoms with Crippen molar-refractivity contribution in [3.05, 3.63) is 94.0 Å². The number of nitrogens with one attached hydrogen (secondary N) is 1. The van der Waals surface area contributed by atoms with E-state index in [-0.39, 0.29) is 17.3 Å². The van der Waals surface area contributed by atoms with Gasteiger partial charge in [0.25, 0.3) is 5.91 Å². The van der Waals surface area contributed by atoms with E-state index in [9.17, 15) is 13.2 Å². The van der Waals surface area contributed by atoms with Gasteiger partial charge in [0, 0.05) is 34.9 Å². The predicted molar refractivity (Wildman–Crippen MR) is 116 cm³/mol. The van der Waals surface area contributed by atoms with Gasteiger partial charge in [0.2, 0.25) is 10.0 Å². The molecule has 3 aromatic carbocycles. The van der Waals surface area contributed by atoms with Crippen molar-refractivity contribution >= 4 is 44.8 Å². The molecular weight excluding hydrogens is 431 g/mol. The van der Waals surface area contributed by atoms with Crippen LogP contribution >= 0.6 is 23.2 Å². The molecule has 0 saturated heterocycles. The lowest BCUT2D eigenvalue weighted by molar-refractivity contribution is 0.102. The van der Waals surface area contributed by atoms with Gasteiger partial charge < -0.3 is 5.32 Å². The van der Waals surface area contributed by atoms with Crippen molar-refractivity contribution in [3.8, 4) is 0 Å². The summed E-state index contributed by atoms with van der Waals surface area (Å²) in [4.78, 5) is 12.5. The maximum atomic E-state index is 12.7. The van der Waals surface area contributed by atoms with E-state index in [1.165, 1.54) is 35.6 Å². The van der Waals surface area contributed by atoms with Crippen molar-refractivity contribution < 1.29 is 13.2 Å². The lowest BCUT2D eigenvalue weighted by Crippen LogP contribution is -2.26. The summed E-state index contributed by atoms with van der Waals surface area (Å²) >= 11 is 11.7. The molecule has 8 heteroatoms. The Morgan fingerprint density at radius 2 is 1.38 bits per heavy atom. The molecule has 5 nitrogen and oxygen atoms in total. The SMILES string of the molecule is CN(Cc1ccc(C(=O)Nc2ccc(Cl)cc2)cc1)S(=O)(=O)c1ccc(Cl)cc1. The molecule has 0 unspecified atom stereocenters. The molecule has 150 valence electrons. The van der Waals surface area contributed by atoms with Crippen LogP contribution in [-0.4, -0.2) is 25.7 Å². The first kappa shape index (κ1) is 21.3. The highest BCUT2D eigenvalue weighted by molar-refractivity contribution is 7.89. The summed E-state index contributed by atoms with van der Waals surface area (Å²) in [5, 5.41) is 3.84. The predicted octanol–water partition coefficient (Wildman–Crippen LogP) is 5.07. The highest BCUT2D eigenvalue weighted by Crippen LogP contribution is 2.20. The van der Waals surface area contributed by atoms with Gasteiger partial charge in [-0.15, -0.1) is 0 Å². The Labute approximate surface area is 179 Å². The van der Waals surface area contributed by atoms with Crippen LogP contribution in [0.15, 0.2) is 77.7 Å². The largest absolute Gasteiger partial charge is 0.322 e. The van der Waals surface area contributed by atoms with Crippen LogP contribution in [0.3, 0.4) is 0 Å². The van der Waals surface area contributed by atoms with Gasteiger partial charge in [0.05, 0.1) is 4.90 Å². The molecule has 0 heterocycles. The Morgan fingerprint density at radius 1 is 0.862 bits per heavy atom. The van der Waals surface area contributed by atoms with Crippen LogP contribution in [0.4, 0.5) is 5.69 Å². The number of amides is 1. The smallest absolute Gasteiger partial charge is 0.255 e. The normalized spacial score (nSPS) is 11.4. The topological polar surface area (TPSA) is 66.5 Å². The lowest BCUT2D eigenvalue weighted by Gasteiger charge is -2.17. The van der Waals surface area contributed by atoms with Crippen molar-refractivity contribution in [1.29, 1.82) is 0 Å². The molecule has 0 bridgehead atoms. The number of hydrogen-bond donors (Lipinski definition) is 1. The van der Waals surface area contributed by atoms with Gasteiger partial charge >= 0.3 is 0 Å². The third kappa shape index (κ3) is 5.36. The van der Waals surface area contributed by atoms with Gasteiger partial charge in [0.15, 0.2) is 0 Å². The van der Waals surface area contributed by atoms with Crippen molar-refractivity contribution in [2.45, 2.75) is 11.4 Å². The fourth-order valence-corrected chi connectivity index (χ4v) is 4.04. The van der Waals surface area contributed by atoms with Crippen LogP contribution in [0.25, 0.3) is 0 Å². The standard InChI is InChI=1S/C21H18Cl2N2O3S/c1-25(29(27,28)20-12-8-18(23)9-13-20)14-15-2-4-16(5-3-15)21(26)24-19-10-6-17(22)7-11-19/h2-13H,14H2,1H3,(H,24,26).